The number of urea groups is 1. The first-order valence-electron chi connectivity index (χ1n) is 10.3. The van der Waals surface area contributed by atoms with Gasteiger partial charge in [-0.25, -0.2) is 4.79 Å². The van der Waals surface area contributed by atoms with Gasteiger partial charge in [0.25, 0.3) is 0 Å². The van der Waals surface area contributed by atoms with Crippen LogP contribution in [0, 0.1) is 5.92 Å². The largest absolute Gasteiger partial charge is 0.481 e. The number of carbonyl (C=O) groups is 2. The number of benzene rings is 2. The molecule has 1 fully saturated rings. The number of fused-ring (bicyclic) bond motifs is 1. The summed E-state index contributed by atoms with van der Waals surface area (Å²) in [5, 5.41) is 12.1. The molecule has 6 heteroatoms. The van der Waals surface area contributed by atoms with Crippen molar-refractivity contribution < 1.29 is 14.7 Å². The molecule has 2 aromatic rings. The van der Waals surface area contributed by atoms with E-state index in [9.17, 15) is 9.59 Å². The second-order valence-electron chi connectivity index (χ2n) is 7.90. The van der Waals surface area contributed by atoms with E-state index in [4.69, 9.17) is 5.11 Å². The number of likely N-dealkylation sites (tertiary alicyclic amines) is 1. The number of carboxylic acid groups (broad SMARTS) is 1. The zero-order chi connectivity index (χ0) is 20.2. The van der Waals surface area contributed by atoms with Gasteiger partial charge < -0.3 is 20.2 Å². The highest BCUT2D eigenvalue weighted by Crippen LogP contribution is 2.28. The Bertz CT molecular complexity index is 881. The molecule has 2 aromatic carbocycles. The van der Waals surface area contributed by atoms with Crippen molar-refractivity contribution in [2.75, 3.05) is 24.5 Å². The number of carbonyl (C=O) groups excluding carboxylic acids is 1. The van der Waals surface area contributed by atoms with E-state index in [-0.39, 0.29) is 12.6 Å². The van der Waals surface area contributed by atoms with Crippen LogP contribution in [0.5, 0.6) is 0 Å². The SMILES string of the molecule is O=C(O)C1CCCN(C(=O)NCc2ccc(CN3CCc4ccccc43)cc2)C1. The van der Waals surface area contributed by atoms with Gasteiger partial charge in [-0.3, -0.25) is 4.79 Å². The summed E-state index contributed by atoms with van der Waals surface area (Å²) in [5.74, 6) is -1.27. The van der Waals surface area contributed by atoms with E-state index in [0.29, 0.717) is 19.5 Å². The quantitative estimate of drug-likeness (QED) is 0.818. The van der Waals surface area contributed by atoms with Crippen molar-refractivity contribution in [3.8, 4) is 0 Å². The number of nitrogens with one attached hydrogen (secondary N) is 1. The van der Waals surface area contributed by atoms with E-state index >= 15 is 0 Å². The monoisotopic (exact) mass is 393 g/mol. The maximum Gasteiger partial charge on any atom is 0.317 e. The lowest BCUT2D eigenvalue weighted by Gasteiger charge is -2.30. The normalized spacial score (nSPS) is 18.4. The highest BCUT2D eigenvalue weighted by molar-refractivity contribution is 5.76. The molecule has 2 aliphatic rings. The molecule has 0 radical (unpaired) electrons. The van der Waals surface area contributed by atoms with Gasteiger partial charge in [0.1, 0.15) is 0 Å². The molecule has 29 heavy (non-hydrogen) atoms. The number of anilines is 1. The second kappa shape index (κ2) is 8.55. The van der Waals surface area contributed by atoms with Crippen molar-refractivity contribution in [1.29, 1.82) is 0 Å². The van der Waals surface area contributed by atoms with Crippen molar-refractivity contribution in [3.63, 3.8) is 0 Å². The summed E-state index contributed by atoms with van der Waals surface area (Å²) in [6.07, 6.45) is 2.47. The first-order valence-corrected chi connectivity index (χ1v) is 10.3. The number of para-hydroxylation sites is 1. The fourth-order valence-electron chi connectivity index (χ4n) is 4.21. The molecular formula is C23H27N3O3. The number of nitrogens with zero attached hydrogens (tertiary/aromatic N) is 2. The van der Waals surface area contributed by atoms with Crippen molar-refractivity contribution >= 4 is 17.7 Å². The molecular weight excluding hydrogens is 366 g/mol. The lowest BCUT2D eigenvalue weighted by molar-refractivity contribution is -0.143. The molecule has 1 saturated heterocycles. The van der Waals surface area contributed by atoms with Crippen LogP contribution >= 0.6 is 0 Å². The zero-order valence-corrected chi connectivity index (χ0v) is 16.5. The Labute approximate surface area is 171 Å². The van der Waals surface area contributed by atoms with E-state index in [1.54, 1.807) is 4.90 Å². The predicted octanol–water partition coefficient (Wildman–Crippen LogP) is 3.26. The van der Waals surface area contributed by atoms with Gasteiger partial charge in [0, 0.05) is 38.4 Å². The highest BCUT2D eigenvalue weighted by atomic mass is 16.4. The van der Waals surface area contributed by atoms with Crippen LogP contribution < -0.4 is 10.2 Å². The first kappa shape index (κ1) is 19.3. The Morgan fingerprint density at radius 2 is 1.79 bits per heavy atom. The number of aliphatic carboxylic acids is 1. The summed E-state index contributed by atoms with van der Waals surface area (Å²) in [6, 6.07) is 16.7. The number of carboxylic acids is 1. The third-order valence-electron chi connectivity index (χ3n) is 5.88. The smallest absolute Gasteiger partial charge is 0.317 e. The molecule has 2 amide bonds. The minimum atomic E-state index is -0.821. The first-order chi connectivity index (χ1) is 14.1. The molecule has 4 rings (SSSR count). The molecule has 2 N–H and O–H groups in total. The molecule has 2 heterocycles. The topological polar surface area (TPSA) is 72.9 Å². The molecule has 2 aliphatic heterocycles. The van der Waals surface area contributed by atoms with Crippen molar-refractivity contribution in [3.05, 3.63) is 65.2 Å². The van der Waals surface area contributed by atoms with Crippen LogP contribution in [-0.2, 0) is 24.3 Å². The van der Waals surface area contributed by atoms with Gasteiger partial charge in [-0.15, -0.1) is 0 Å². The number of amides is 2. The van der Waals surface area contributed by atoms with Gasteiger partial charge in [-0.05, 0) is 42.0 Å². The van der Waals surface area contributed by atoms with Gasteiger partial charge in [-0.2, -0.15) is 0 Å². The average molecular weight is 393 g/mol. The summed E-state index contributed by atoms with van der Waals surface area (Å²) in [6.45, 7) is 3.28. The lowest BCUT2D eigenvalue weighted by Crippen LogP contribution is -2.46. The van der Waals surface area contributed by atoms with E-state index in [2.05, 4.69) is 46.6 Å². The van der Waals surface area contributed by atoms with Gasteiger partial charge in [0.2, 0.25) is 0 Å². The van der Waals surface area contributed by atoms with E-state index in [1.807, 2.05) is 12.1 Å². The molecule has 0 aromatic heterocycles. The highest BCUT2D eigenvalue weighted by Gasteiger charge is 2.27. The number of hydrogen-bond acceptors (Lipinski definition) is 3. The molecule has 6 nitrogen and oxygen atoms in total. The Balaban J connectivity index is 1.29. The van der Waals surface area contributed by atoms with Crippen LogP contribution in [0.2, 0.25) is 0 Å². The van der Waals surface area contributed by atoms with E-state index < -0.39 is 11.9 Å². The van der Waals surface area contributed by atoms with Gasteiger partial charge >= 0.3 is 12.0 Å². The Morgan fingerprint density at radius 1 is 1.03 bits per heavy atom. The van der Waals surface area contributed by atoms with E-state index in [1.165, 1.54) is 16.8 Å². The number of rotatable bonds is 5. The Morgan fingerprint density at radius 3 is 2.59 bits per heavy atom. The predicted molar refractivity (Wildman–Crippen MR) is 112 cm³/mol. The van der Waals surface area contributed by atoms with Gasteiger partial charge in [0.15, 0.2) is 0 Å². The van der Waals surface area contributed by atoms with Crippen LogP contribution in [-0.4, -0.2) is 41.6 Å². The van der Waals surface area contributed by atoms with E-state index in [0.717, 1.165) is 31.5 Å². The van der Waals surface area contributed by atoms with Crippen molar-refractivity contribution in [1.82, 2.24) is 10.2 Å². The fourth-order valence-corrected chi connectivity index (χ4v) is 4.21. The molecule has 0 aliphatic carbocycles. The van der Waals surface area contributed by atoms with Crippen LogP contribution in [0.15, 0.2) is 48.5 Å². The molecule has 152 valence electrons. The Hall–Kier alpha value is -3.02. The summed E-state index contributed by atoms with van der Waals surface area (Å²) >= 11 is 0. The lowest BCUT2D eigenvalue weighted by atomic mass is 9.99. The third kappa shape index (κ3) is 4.53. The minimum absolute atomic E-state index is 0.186. The van der Waals surface area contributed by atoms with Gasteiger partial charge in [-0.1, -0.05) is 42.5 Å². The molecule has 0 spiro atoms. The maximum absolute atomic E-state index is 12.4. The minimum Gasteiger partial charge on any atom is -0.481 e. The average Bonchev–Trinajstić information content (AvgIpc) is 3.16. The summed E-state index contributed by atoms with van der Waals surface area (Å²) in [4.78, 5) is 27.5. The molecule has 1 unspecified atom stereocenters. The summed E-state index contributed by atoms with van der Waals surface area (Å²) in [7, 11) is 0. The summed E-state index contributed by atoms with van der Waals surface area (Å²) < 4.78 is 0. The zero-order valence-electron chi connectivity index (χ0n) is 16.5. The number of hydrogen-bond donors (Lipinski definition) is 2. The van der Waals surface area contributed by atoms with Crippen molar-refractivity contribution in [2.45, 2.75) is 32.4 Å². The molecule has 0 saturated carbocycles. The molecule has 1 atom stereocenters. The molecule has 0 bridgehead atoms. The van der Waals surface area contributed by atoms with Gasteiger partial charge in [0.05, 0.1) is 5.92 Å². The van der Waals surface area contributed by atoms with Crippen LogP contribution in [0.25, 0.3) is 0 Å². The standard InChI is InChI=1S/C23H27N3O3/c27-22(28)20-5-3-12-26(16-20)23(29)24-14-17-7-9-18(10-8-17)15-25-13-11-19-4-1-2-6-21(19)25/h1-2,4,6-10,20H,3,5,11-16H2,(H,24,29)(H,27,28). The fraction of sp³-hybridized carbons (Fsp3) is 0.391. The number of piperidine rings is 1. The Kier molecular flexibility index (Phi) is 5.69. The van der Waals surface area contributed by atoms with Crippen LogP contribution in [0.3, 0.4) is 0 Å². The second-order valence-corrected chi connectivity index (χ2v) is 7.90. The van der Waals surface area contributed by atoms with Crippen molar-refractivity contribution in [2.24, 2.45) is 5.92 Å². The summed E-state index contributed by atoms with van der Waals surface area (Å²) in [5.41, 5.74) is 5.02. The van der Waals surface area contributed by atoms with Crippen LogP contribution in [0.1, 0.15) is 29.5 Å². The van der Waals surface area contributed by atoms with Crippen LogP contribution in [0.4, 0.5) is 10.5 Å². The maximum atomic E-state index is 12.4. The third-order valence-corrected chi connectivity index (χ3v) is 5.88.